The summed E-state index contributed by atoms with van der Waals surface area (Å²) in [6.07, 6.45) is 4.42. The largest absolute Gasteiger partial charge is 0.316 e. The summed E-state index contributed by atoms with van der Waals surface area (Å²) >= 11 is 0. The first-order chi connectivity index (χ1) is 8.01. The molecule has 2 aliphatic rings. The molecule has 2 rings (SSSR count). The Morgan fingerprint density at radius 3 is 2.47 bits per heavy atom. The quantitative estimate of drug-likeness (QED) is 0.808. The molecule has 0 aromatic carbocycles. The highest BCUT2D eigenvalue weighted by Crippen LogP contribution is 2.32. The Hall–Kier alpha value is -0.130. The molecule has 1 atom stereocenters. The molecule has 0 radical (unpaired) electrons. The normalized spacial score (nSPS) is 26.7. The summed E-state index contributed by atoms with van der Waals surface area (Å²) in [7, 11) is -3.07. The molecule has 1 unspecified atom stereocenters. The molecule has 1 aliphatic carbocycles. The van der Waals surface area contributed by atoms with Gasteiger partial charge in [0, 0.05) is 12.6 Å². The van der Waals surface area contributed by atoms with Crippen LogP contribution in [-0.4, -0.2) is 43.6 Å². The van der Waals surface area contributed by atoms with Crippen LogP contribution in [0.25, 0.3) is 0 Å². The maximum Gasteiger partial charge on any atom is 0.216 e. The predicted molar refractivity (Wildman–Crippen MR) is 69.4 cm³/mol. The summed E-state index contributed by atoms with van der Waals surface area (Å²) in [5.74, 6) is 0.498. The molecule has 1 saturated heterocycles. The number of hydrogen-bond donors (Lipinski definition) is 1. The fourth-order valence-corrected chi connectivity index (χ4v) is 4.01. The third kappa shape index (κ3) is 3.20. The van der Waals surface area contributed by atoms with Crippen LogP contribution in [0, 0.1) is 5.92 Å². The summed E-state index contributed by atoms with van der Waals surface area (Å²) < 4.78 is 26.4. The van der Waals surface area contributed by atoms with E-state index in [0.717, 1.165) is 38.9 Å². The van der Waals surface area contributed by atoms with Crippen molar-refractivity contribution in [1.82, 2.24) is 9.62 Å². The minimum atomic E-state index is -3.07. The topological polar surface area (TPSA) is 49.4 Å². The molecule has 0 aromatic rings. The molecule has 0 aromatic heterocycles. The summed E-state index contributed by atoms with van der Waals surface area (Å²) in [6.45, 7) is 6.33. The Kier molecular flexibility index (Phi) is 4.10. The van der Waals surface area contributed by atoms with Gasteiger partial charge in [0.2, 0.25) is 10.0 Å². The van der Waals surface area contributed by atoms with E-state index in [1.807, 2.05) is 0 Å². The second-order valence-electron chi connectivity index (χ2n) is 5.61. The summed E-state index contributed by atoms with van der Waals surface area (Å²) in [5.41, 5.74) is 0. The monoisotopic (exact) mass is 260 g/mol. The van der Waals surface area contributed by atoms with Gasteiger partial charge >= 0.3 is 0 Å². The van der Waals surface area contributed by atoms with E-state index in [-0.39, 0.29) is 5.25 Å². The van der Waals surface area contributed by atoms with Gasteiger partial charge in [0.05, 0.1) is 5.25 Å². The van der Waals surface area contributed by atoms with Gasteiger partial charge in [0.15, 0.2) is 0 Å². The molecule has 1 aliphatic heterocycles. The number of piperidine rings is 1. The number of sulfonamides is 1. The molecule has 0 amide bonds. The highest BCUT2D eigenvalue weighted by molar-refractivity contribution is 7.89. The van der Waals surface area contributed by atoms with Crippen LogP contribution in [0.2, 0.25) is 0 Å². The van der Waals surface area contributed by atoms with Gasteiger partial charge in [-0.05, 0) is 58.5 Å². The second-order valence-corrected chi connectivity index (χ2v) is 8.05. The molecule has 17 heavy (non-hydrogen) atoms. The van der Waals surface area contributed by atoms with Crippen LogP contribution in [0.3, 0.4) is 0 Å². The third-order valence-electron chi connectivity index (χ3n) is 3.71. The number of nitrogens with one attached hydrogen (secondary N) is 1. The second kappa shape index (κ2) is 5.24. The van der Waals surface area contributed by atoms with Crippen LogP contribution in [0.15, 0.2) is 0 Å². The van der Waals surface area contributed by atoms with Crippen molar-refractivity contribution in [2.75, 3.05) is 19.6 Å². The van der Waals surface area contributed by atoms with E-state index in [1.165, 1.54) is 6.42 Å². The maximum absolute atomic E-state index is 12.3. The van der Waals surface area contributed by atoms with Gasteiger partial charge in [0.25, 0.3) is 0 Å². The van der Waals surface area contributed by atoms with Gasteiger partial charge < -0.3 is 5.32 Å². The van der Waals surface area contributed by atoms with Gasteiger partial charge in [0.1, 0.15) is 0 Å². The lowest BCUT2D eigenvalue weighted by Crippen LogP contribution is -2.44. The van der Waals surface area contributed by atoms with Crippen molar-refractivity contribution in [2.45, 2.75) is 50.8 Å². The summed E-state index contributed by atoms with van der Waals surface area (Å²) in [6, 6.07) is 0.296. The van der Waals surface area contributed by atoms with E-state index < -0.39 is 10.0 Å². The first-order valence-electron chi connectivity index (χ1n) is 6.73. The number of rotatable bonds is 5. The smallest absolute Gasteiger partial charge is 0.216 e. The van der Waals surface area contributed by atoms with Crippen LogP contribution in [0.1, 0.15) is 39.5 Å². The van der Waals surface area contributed by atoms with E-state index in [2.05, 4.69) is 5.32 Å². The van der Waals surface area contributed by atoms with Gasteiger partial charge in [-0.2, -0.15) is 4.31 Å². The van der Waals surface area contributed by atoms with Gasteiger partial charge in [-0.1, -0.05) is 0 Å². The molecule has 2 fully saturated rings. The van der Waals surface area contributed by atoms with Crippen LogP contribution >= 0.6 is 0 Å². The van der Waals surface area contributed by atoms with Crippen LogP contribution in [0.4, 0.5) is 0 Å². The molecule has 5 heteroatoms. The molecule has 0 spiro atoms. The fourth-order valence-electron chi connectivity index (χ4n) is 2.43. The summed E-state index contributed by atoms with van der Waals surface area (Å²) in [4.78, 5) is 0. The van der Waals surface area contributed by atoms with Crippen molar-refractivity contribution in [1.29, 1.82) is 0 Å². The van der Waals surface area contributed by atoms with Crippen molar-refractivity contribution < 1.29 is 8.42 Å². The molecular formula is C12H24N2O2S. The van der Waals surface area contributed by atoms with Crippen LogP contribution in [0.5, 0.6) is 0 Å². The van der Waals surface area contributed by atoms with Crippen molar-refractivity contribution in [3.8, 4) is 0 Å². The molecule has 100 valence electrons. The lowest BCUT2D eigenvalue weighted by Gasteiger charge is -2.30. The fraction of sp³-hybridized carbons (Fsp3) is 1.00. The van der Waals surface area contributed by atoms with Crippen LogP contribution < -0.4 is 5.32 Å². The average molecular weight is 260 g/mol. The molecule has 4 nitrogen and oxygen atoms in total. The zero-order valence-corrected chi connectivity index (χ0v) is 11.7. The molecule has 1 N–H and O–H groups in total. The van der Waals surface area contributed by atoms with Crippen molar-refractivity contribution in [3.05, 3.63) is 0 Å². The Bertz CT molecular complexity index is 344. The Morgan fingerprint density at radius 2 is 2.00 bits per heavy atom. The minimum Gasteiger partial charge on any atom is -0.316 e. The van der Waals surface area contributed by atoms with E-state index in [0.29, 0.717) is 12.0 Å². The Balaban J connectivity index is 2.02. The van der Waals surface area contributed by atoms with Gasteiger partial charge in [-0.3, -0.25) is 0 Å². The first-order valence-corrected chi connectivity index (χ1v) is 8.23. The lowest BCUT2D eigenvalue weighted by molar-refractivity contribution is 0.285. The highest BCUT2D eigenvalue weighted by Gasteiger charge is 2.39. The van der Waals surface area contributed by atoms with Gasteiger partial charge in [-0.25, -0.2) is 8.42 Å². The van der Waals surface area contributed by atoms with Crippen molar-refractivity contribution in [3.63, 3.8) is 0 Å². The zero-order chi connectivity index (χ0) is 12.5. The minimum absolute atomic E-state index is 0.292. The average Bonchev–Trinajstić information content (AvgIpc) is 3.10. The van der Waals surface area contributed by atoms with E-state index in [1.54, 1.807) is 18.2 Å². The van der Waals surface area contributed by atoms with E-state index in [4.69, 9.17) is 0 Å². The lowest BCUT2D eigenvalue weighted by atomic mass is 10.00. The maximum atomic E-state index is 12.3. The Labute approximate surface area is 105 Å². The standard InChI is InChI=1S/C12H24N2O2S/c1-10(2)17(15,16)14(12-5-6-12)9-11-4-3-7-13-8-11/h10-13H,3-9H2,1-2H3. The molecular weight excluding hydrogens is 236 g/mol. The zero-order valence-electron chi connectivity index (χ0n) is 10.9. The van der Waals surface area contributed by atoms with Crippen molar-refractivity contribution in [2.24, 2.45) is 5.92 Å². The SMILES string of the molecule is CC(C)S(=O)(=O)N(CC1CCCNC1)C1CC1. The van der Waals surface area contributed by atoms with Crippen molar-refractivity contribution >= 4 is 10.0 Å². The predicted octanol–water partition coefficient (Wildman–Crippen LogP) is 1.19. The van der Waals surface area contributed by atoms with E-state index in [9.17, 15) is 8.42 Å². The highest BCUT2D eigenvalue weighted by atomic mass is 32.2. The number of nitrogens with zero attached hydrogens (tertiary/aromatic N) is 1. The molecule has 0 bridgehead atoms. The summed E-state index contributed by atoms with van der Waals surface area (Å²) in [5, 5.41) is 3.07. The first kappa shape index (κ1) is 13.3. The van der Waals surface area contributed by atoms with E-state index >= 15 is 0 Å². The molecule has 1 saturated carbocycles. The van der Waals surface area contributed by atoms with Gasteiger partial charge in [-0.15, -0.1) is 0 Å². The Morgan fingerprint density at radius 1 is 1.29 bits per heavy atom. The molecule has 1 heterocycles. The third-order valence-corrected chi connectivity index (χ3v) is 6.01. The van der Waals surface area contributed by atoms with Crippen LogP contribution in [-0.2, 0) is 10.0 Å². The number of hydrogen-bond acceptors (Lipinski definition) is 3.